The number of fused-ring (bicyclic) bond motifs is 3. The lowest BCUT2D eigenvalue weighted by Gasteiger charge is -2.64. The van der Waals surface area contributed by atoms with Gasteiger partial charge in [0.2, 0.25) is 0 Å². The molecular weight excluding hydrogens is 508 g/mol. The van der Waals surface area contributed by atoms with E-state index in [1.54, 1.807) is 18.4 Å². The van der Waals surface area contributed by atoms with E-state index in [0.29, 0.717) is 18.4 Å². The summed E-state index contributed by atoms with van der Waals surface area (Å²) in [6.07, 6.45) is 4.48. The van der Waals surface area contributed by atoms with Gasteiger partial charge in [-0.2, -0.15) is 0 Å². The maximum absolute atomic E-state index is 14.8. The van der Waals surface area contributed by atoms with Gasteiger partial charge in [0.25, 0.3) is 0 Å². The summed E-state index contributed by atoms with van der Waals surface area (Å²) in [4.78, 5) is 52.9. The summed E-state index contributed by atoms with van der Waals surface area (Å²) in [5.41, 5.74) is -4.35. The van der Waals surface area contributed by atoms with Crippen LogP contribution in [0.5, 0.6) is 0 Å². The highest BCUT2D eigenvalue weighted by molar-refractivity contribution is 5.97. The lowest BCUT2D eigenvalue weighted by Crippen LogP contribution is -2.74. The van der Waals surface area contributed by atoms with Crippen molar-refractivity contribution >= 4 is 23.7 Å². The molecule has 210 valence electrons. The minimum absolute atomic E-state index is 0.191. The fourth-order valence-corrected chi connectivity index (χ4v) is 9.03. The van der Waals surface area contributed by atoms with Crippen LogP contribution in [0.15, 0.2) is 35.2 Å². The molecule has 0 unspecified atom stereocenters. The molecule has 39 heavy (non-hydrogen) atoms. The molecule has 9 atom stereocenters. The van der Waals surface area contributed by atoms with Gasteiger partial charge in [-0.15, -0.1) is 0 Å². The van der Waals surface area contributed by atoms with Crippen LogP contribution in [-0.2, 0) is 42.9 Å². The maximum Gasteiger partial charge on any atom is 0.339 e. The van der Waals surface area contributed by atoms with Crippen LogP contribution >= 0.6 is 0 Å². The summed E-state index contributed by atoms with van der Waals surface area (Å²) < 4.78 is 34.7. The minimum atomic E-state index is -1.28. The number of ketones is 1. The van der Waals surface area contributed by atoms with Crippen LogP contribution in [0, 0.1) is 28.1 Å². The van der Waals surface area contributed by atoms with Crippen LogP contribution < -0.4 is 0 Å². The first-order chi connectivity index (χ1) is 18.3. The van der Waals surface area contributed by atoms with Gasteiger partial charge in [0.1, 0.15) is 11.7 Å². The molecule has 10 heteroatoms. The normalized spacial score (nSPS) is 45.4. The largest absolute Gasteiger partial charge is 0.472 e. The number of Topliss-reactive ketones (excluding diaryl/α,β-unsaturated/α-hetero) is 1. The standard InChI is InChI=1S/C29H34O10/c1-15(30)37-19-20-25(2,3)36-14-28(20,11-8-18(31)34-6)17-7-10-26(4)22(16-9-12-35-13-16)38-24(33)23-29(26,39-23)27(17,5)21(19)32/h8-9,11-13,17,19-20,22-23H,7,10,14H2,1-6H3/b11-8-/t17-,19+,20-,22-,23+,26-,27-,28-,29+/m0/s1. The van der Waals surface area contributed by atoms with Crippen molar-refractivity contribution in [1.82, 2.24) is 0 Å². The Morgan fingerprint density at radius 3 is 2.51 bits per heavy atom. The zero-order valence-electron chi connectivity index (χ0n) is 23.0. The zero-order valence-corrected chi connectivity index (χ0v) is 23.0. The summed E-state index contributed by atoms with van der Waals surface area (Å²) >= 11 is 0. The summed E-state index contributed by atoms with van der Waals surface area (Å²) in [6, 6.07) is 1.75. The Morgan fingerprint density at radius 2 is 1.87 bits per heavy atom. The summed E-state index contributed by atoms with van der Waals surface area (Å²) in [5.74, 6) is -2.97. The average molecular weight is 543 g/mol. The van der Waals surface area contributed by atoms with Crippen molar-refractivity contribution in [3.05, 3.63) is 36.3 Å². The molecule has 5 aliphatic rings. The molecule has 3 saturated heterocycles. The Bertz CT molecular complexity index is 1280. The molecular formula is C29H34O10. The van der Waals surface area contributed by atoms with Crippen LogP contribution in [0.1, 0.15) is 59.1 Å². The van der Waals surface area contributed by atoms with Crippen molar-refractivity contribution in [2.45, 2.75) is 77.0 Å². The predicted molar refractivity (Wildman–Crippen MR) is 132 cm³/mol. The third kappa shape index (κ3) is 3.04. The molecule has 0 N–H and O–H groups in total. The Balaban J connectivity index is 1.58. The van der Waals surface area contributed by atoms with E-state index < -0.39 is 75.5 Å². The zero-order chi connectivity index (χ0) is 28.2. The second-order valence-corrected chi connectivity index (χ2v) is 12.6. The van der Waals surface area contributed by atoms with Crippen LogP contribution in [0.4, 0.5) is 0 Å². The number of methoxy groups -OCH3 is 1. The van der Waals surface area contributed by atoms with Gasteiger partial charge in [0.15, 0.2) is 18.0 Å². The molecule has 10 nitrogen and oxygen atoms in total. The number of epoxide rings is 1. The summed E-state index contributed by atoms with van der Waals surface area (Å²) in [5, 5.41) is 0. The third-order valence-electron chi connectivity index (χ3n) is 10.5. The van der Waals surface area contributed by atoms with Gasteiger partial charge in [-0.3, -0.25) is 9.59 Å². The molecule has 1 aromatic rings. The molecule has 0 amide bonds. The fraction of sp³-hybridized carbons (Fsp3) is 0.655. The Hall–Kier alpha value is -2.98. The Labute approximate surface area is 226 Å². The van der Waals surface area contributed by atoms with E-state index >= 15 is 0 Å². The van der Waals surface area contributed by atoms with Crippen LogP contribution in [0.3, 0.4) is 0 Å². The van der Waals surface area contributed by atoms with Gasteiger partial charge < -0.3 is 28.1 Å². The monoisotopic (exact) mass is 542 g/mol. The SMILES string of the molecule is COC(=O)/C=C\[C@@]12COC(C)(C)[C@@H]1[C@@H](OC(C)=O)C(=O)[C@]1(C)[C@@H]2CC[C@@]2(C)[C@H](c3ccoc3)OC(=O)[C@H]3O[C@]321. The summed E-state index contributed by atoms with van der Waals surface area (Å²) in [6.45, 7) is 9.01. The molecule has 0 radical (unpaired) electrons. The number of ether oxygens (including phenoxy) is 5. The van der Waals surface area contributed by atoms with Gasteiger partial charge in [-0.1, -0.05) is 13.0 Å². The number of furan rings is 1. The average Bonchev–Trinajstić information content (AvgIpc) is 3.33. The number of hydrogen-bond donors (Lipinski definition) is 0. The van der Waals surface area contributed by atoms with Gasteiger partial charge in [0.05, 0.1) is 37.3 Å². The number of carbonyl (C=O) groups excluding carboxylic acids is 4. The molecule has 5 fully saturated rings. The number of hydrogen-bond acceptors (Lipinski definition) is 10. The van der Waals surface area contributed by atoms with E-state index in [9.17, 15) is 19.2 Å². The van der Waals surface area contributed by atoms with E-state index in [4.69, 9.17) is 28.1 Å². The van der Waals surface area contributed by atoms with Gasteiger partial charge in [-0.25, -0.2) is 9.59 Å². The van der Waals surface area contributed by atoms with E-state index in [0.717, 1.165) is 0 Å². The molecule has 0 aromatic carbocycles. The first kappa shape index (κ1) is 26.3. The highest BCUT2D eigenvalue weighted by Gasteiger charge is 2.90. The Kier molecular flexibility index (Phi) is 5.41. The van der Waals surface area contributed by atoms with E-state index in [1.807, 2.05) is 27.7 Å². The minimum Gasteiger partial charge on any atom is -0.472 e. The molecule has 1 spiro atoms. The quantitative estimate of drug-likeness (QED) is 0.242. The molecule has 1 aromatic heterocycles. The lowest BCUT2D eigenvalue weighted by atomic mass is 9.37. The number of rotatable bonds is 4. The molecule has 6 rings (SSSR count). The van der Waals surface area contributed by atoms with E-state index in [2.05, 4.69) is 0 Å². The topological polar surface area (TPSA) is 131 Å². The third-order valence-corrected chi connectivity index (χ3v) is 10.5. The van der Waals surface area contributed by atoms with Crippen molar-refractivity contribution in [2.24, 2.45) is 28.1 Å². The first-order valence-corrected chi connectivity index (χ1v) is 13.3. The molecule has 0 bridgehead atoms. The smallest absolute Gasteiger partial charge is 0.339 e. The molecule has 3 aliphatic heterocycles. The maximum atomic E-state index is 14.8. The second kappa shape index (κ2) is 8.04. The van der Waals surface area contributed by atoms with Crippen molar-refractivity contribution in [3.63, 3.8) is 0 Å². The fourth-order valence-electron chi connectivity index (χ4n) is 9.03. The Morgan fingerprint density at radius 1 is 1.13 bits per heavy atom. The highest BCUT2D eigenvalue weighted by Crippen LogP contribution is 2.79. The number of carbonyl (C=O) groups is 4. The van der Waals surface area contributed by atoms with E-state index in [1.165, 1.54) is 26.4 Å². The van der Waals surface area contributed by atoms with Gasteiger partial charge >= 0.3 is 17.9 Å². The van der Waals surface area contributed by atoms with Gasteiger partial charge in [-0.05, 0) is 45.6 Å². The first-order valence-electron chi connectivity index (χ1n) is 13.3. The predicted octanol–water partition coefficient (Wildman–Crippen LogP) is 3.09. The number of esters is 3. The van der Waals surface area contributed by atoms with Crippen molar-refractivity contribution < 1.29 is 47.3 Å². The summed E-state index contributed by atoms with van der Waals surface area (Å²) in [7, 11) is 1.30. The second-order valence-electron chi connectivity index (χ2n) is 12.6. The highest BCUT2D eigenvalue weighted by atomic mass is 16.7. The van der Waals surface area contributed by atoms with Crippen molar-refractivity contribution in [2.75, 3.05) is 13.7 Å². The van der Waals surface area contributed by atoms with Gasteiger partial charge in [0, 0.05) is 35.3 Å². The number of cyclic esters (lactones) is 1. The molecule has 4 heterocycles. The van der Waals surface area contributed by atoms with Crippen LogP contribution in [-0.4, -0.2) is 60.8 Å². The van der Waals surface area contributed by atoms with Crippen molar-refractivity contribution in [3.8, 4) is 0 Å². The molecule has 2 aliphatic carbocycles. The molecule has 2 saturated carbocycles. The van der Waals surface area contributed by atoms with E-state index in [-0.39, 0.29) is 12.4 Å². The van der Waals surface area contributed by atoms with Crippen LogP contribution in [0.25, 0.3) is 0 Å². The van der Waals surface area contributed by atoms with Crippen molar-refractivity contribution in [1.29, 1.82) is 0 Å². The van der Waals surface area contributed by atoms with Crippen LogP contribution in [0.2, 0.25) is 0 Å². The lowest BCUT2D eigenvalue weighted by molar-refractivity contribution is -0.220.